The lowest BCUT2D eigenvalue weighted by atomic mass is 10.5. The number of aldehydes is 1. The van der Waals surface area contributed by atoms with Gasteiger partial charge in [0.05, 0.1) is 6.42 Å². The molecule has 86 valence electrons. The summed E-state index contributed by atoms with van der Waals surface area (Å²) < 4.78 is 0. The Morgan fingerprint density at radius 2 is 1.40 bits per heavy atom. The third kappa shape index (κ3) is 3.20. The molecule has 0 aliphatic rings. The van der Waals surface area contributed by atoms with Crippen LogP contribution in [-0.4, -0.2) is 14.4 Å². The fourth-order valence-electron chi connectivity index (χ4n) is 2.68. The molecular formula is C13H24OSi. The second-order valence-corrected chi connectivity index (χ2v) is 10.6. The zero-order chi connectivity index (χ0) is 12.1. The predicted molar refractivity (Wildman–Crippen MR) is 69.5 cm³/mol. The summed E-state index contributed by atoms with van der Waals surface area (Å²) in [5.74, 6) is 3.06. The second kappa shape index (κ2) is 6.12. The third-order valence-corrected chi connectivity index (χ3v) is 9.70. The summed E-state index contributed by atoms with van der Waals surface area (Å²) in [6.45, 7) is 13.7. The largest absolute Gasteiger partial charge is 0.302 e. The lowest BCUT2D eigenvalue weighted by Gasteiger charge is -2.38. The predicted octanol–water partition coefficient (Wildman–Crippen LogP) is 3.80. The summed E-state index contributed by atoms with van der Waals surface area (Å²) in [5, 5.41) is 0. The van der Waals surface area contributed by atoms with Crippen LogP contribution in [0.3, 0.4) is 0 Å². The van der Waals surface area contributed by atoms with E-state index < -0.39 is 8.07 Å². The van der Waals surface area contributed by atoms with Crippen LogP contribution in [0.5, 0.6) is 0 Å². The van der Waals surface area contributed by atoms with Gasteiger partial charge in [-0.2, -0.15) is 0 Å². The van der Waals surface area contributed by atoms with E-state index >= 15 is 0 Å². The molecule has 0 saturated heterocycles. The molecule has 0 atom stereocenters. The number of carbonyl (C=O) groups is 1. The molecule has 0 amide bonds. The van der Waals surface area contributed by atoms with Gasteiger partial charge in [-0.3, -0.25) is 0 Å². The molecule has 0 aliphatic carbocycles. The molecule has 0 saturated carbocycles. The van der Waals surface area contributed by atoms with E-state index in [-0.39, 0.29) is 0 Å². The van der Waals surface area contributed by atoms with Crippen LogP contribution < -0.4 is 0 Å². The van der Waals surface area contributed by atoms with Crippen LogP contribution in [0.2, 0.25) is 16.6 Å². The van der Waals surface area contributed by atoms with Gasteiger partial charge in [0.2, 0.25) is 0 Å². The van der Waals surface area contributed by atoms with Gasteiger partial charge in [0.25, 0.3) is 0 Å². The number of hydrogen-bond donors (Lipinski definition) is 0. The van der Waals surface area contributed by atoms with E-state index in [2.05, 4.69) is 53.0 Å². The molecule has 0 rings (SSSR count). The summed E-state index contributed by atoms with van der Waals surface area (Å²) in [5.41, 5.74) is 5.44. The van der Waals surface area contributed by atoms with E-state index in [1.54, 1.807) is 0 Å². The number of carbonyl (C=O) groups excluding carboxylic acids is 1. The summed E-state index contributed by atoms with van der Waals surface area (Å²) in [6, 6.07) is 0. The Morgan fingerprint density at radius 1 is 1.00 bits per heavy atom. The first-order valence-electron chi connectivity index (χ1n) is 5.83. The van der Waals surface area contributed by atoms with Crippen LogP contribution in [0.1, 0.15) is 48.0 Å². The minimum atomic E-state index is -1.58. The van der Waals surface area contributed by atoms with Gasteiger partial charge >= 0.3 is 0 Å². The molecule has 0 radical (unpaired) electrons. The molecular weight excluding hydrogens is 200 g/mol. The van der Waals surface area contributed by atoms with E-state index in [4.69, 9.17) is 0 Å². The van der Waals surface area contributed by atoms with Gasteiger partial charge in [0.15, 0.2) is 0 Å². The average Bonchev–Trinajstić information content (AvgIpc) is 2.10. The molecule has 0 spiro atoms. The van der Waals surface area contributed by atoms with Crippen LogP contribution >= 0.6 is 0 Å². The fourth-order valence-corrected chi connectivity index (χ4v) is 7.95. The Kier molecular flexibility index (Phi) is 5.90. The molecule has 0 fully saturated rings. The van der Waals surface area contributed by atoms with Gasteiger partial charge in [-0.15, -0.1) is 11.5 Å². The van der Waals surface area contributed by atoms with Crippen molar-refractivity contribution in [2.24, 2.45) is 0 Å². The van der Waals surface area contributed by atoms with E-state index in [1.165, 1.54) is 0 Å². The molecule has 15 heavy (non-hydrogen) atoms. The van der Waals surface area contributed by atoms with Crippen LogP contribution in [0.4, 0.5) is 0 Å². The average molecular weight is 224 g/mol. The van der Waals surface area contributed by atoms with Crippen molar-refractivity contribution >= 4 is 14.4 Å². The van der Waals surface area contributed by atoms with Crippen molar-refractivity contribution < 1.29 is 4.79 Å². The standard InChI is InChI=1S/C13H24OSi/c1-11(2)15(12(3)4,13(5)6)10-8-7-9-14/h9,11-13H,7H2,1-6H3. The van der Waals surface area contributed by atoms with Gasteiger partial charge < -0.3 is 4.79 Å². The summed E-state index contributed by atoms with van der Waals surface area (Å²) in [7, 11) is -1.58. The van der Waals surface area contributed by atoms with Gasteiger partial charge in [-0.05, 0) is 16.6 Å². The summed E-state index contributed by atoms with van der Waals surface area (Å²) in [6.07, 6.45) is 1.29. The molecule has 0 aromatic carbocycles. The number of hydrogen-bond acceptors (Lipinski definition) is 1. The van der Waals surface area contributed by atoms with E-state index in [0.29, 0.717) is 23.0 Å². The SMILES string of the molecule is CC(C)[Si](C#CCC=O)(C(C)C)C(C)C. The highest BCUT2D eigenvalue weighted by molar-refractivity contribution is 6.90. The van der Waals surface area contributed by atoms with Crippen LogP contribution in [0, 0.1) is 11.5 Å². The van der Waals surface area contributed by atoms with Gasteiger partial charge in [-0.1, -0.05) is 41.5 Å². The first-order valence-corrected chi connectivity index (χ1v) is 8.06. The van der Waals surface area contributed by atoms with Gasteiger partial charge in [0, 0.05) is 0 Å². The van der Waals surface area contributed by atoms with Gasteiger partial charge in [0.1, 0.15) is 14.4 Å². The molecule has 0 N–H and O–H groups in total. The molecule has 0 aromatic rings. The van der Waals surface area contributed by atoms with Gasteiger partial charge in [-0.25, -0.2) is 0 Å². The van der Waals surface area contributed by atoms with Crippen LogP contribution in [-0.2, 0) is 4.79 Å². The van der Waals surface area contributed by atoms with Crippen molar-refractivity contribution in [2.45, 2.75) is 64.6 Å². The summed E-state index contributed by atoms with van der Waals surface area (Å²) >= 11 is 0. The Balaban J connectivity index is 5.16. The van der Waals surface area contributed by atoms with Crippen molar-refractivity contribution in [1.29, 1.82) is 0 Å². The maximum atomic E-state index is 10.3. The highest BCUT2D eigenvalue weighted by Crippen LogP contribution is 2.40. The zero-order valence-electron chi connectivity index (χ0n) is 10.9. The highest BCUT2D eigenvalue weighted by atomic mass is 28.3. The Bertz CT molecular complexity index is 234. The molecule has 0 unspecified atom stereocenters. The minimum Gasteiger partial charge on any atom is -0.302 e. The van der Waals surface area contributed by atoms with Crippen molar-refractivity contribution in [3.05, 3.63) is 0 Å². The topological polar surface area (TPSA) is 17.1 Å². The molecule has 0 heterocycles. The highest BCUT2D eigenvalue weighted by Gasteiger charge is 2.41. The zero-order valence-corrected chi connectivity index (χ0v) is 11.9. The normalized spacial score (nSPS) is 11.8. The van der Waals surface area contributed by atoms with Crippen molar-refractivity contribution in [1.82, 2.24) is 0 Å². The maximum absolute atomic E-state index is 10.3. The molecule has 0 aromatic heterocycles. The van der Waals surface area contributed by atoms with Crippen molar-refractivity contribution in [3.8, 4) is 11.5 Å². The van der Waals surface area contributed by atoms with E-state index in [1.807, 2.05) is 0 Å². The van der Waals surface area contributed by atoms with E-state index in [9.17, 15) is 4.79 Å². The summed E-state index contributed by atoms with van der Waals surface area (Å²) in [4.78, 5) is 10.3. The number of rotatable bonds is 4. The molecule has 0 aliphatic heterocycles. The molecule has 0 bridgehead atoms. The van der Waals surface area contributed by atoms with Crippen molar-refractivity contribution in [2.75, 3.05) is 0 Å². The Hall–Kier alpha value is -0.553. The fraction of sp³-hybridized carbons (Fsp3) is 0.769. The Labute approximate surface area is 95.7 Å². The first kappa shape index (κ1) is 14.4. The lowest BCUT2D eigenvalue weighted by Crippen LogP contribution is -2.43. The minimum absolute atomic E-state index is 0.390. The van der Waals surface area contributed by atoms with Crippen molar-refractivity contribution in [3.63, 3.8) is 0 Å². The molecule has 2 heteroatoms. The van der Waals surface area contributed by atoms with Crippen LogP contribution in [0.25, 0.3) is 0 Å². The first-order chi connectivity index (χ1) is 6.89. The van der Waals surface area contributed by atoms with E-state index in [0.717, 1.165) is 6.29 Å². The molecule has 1 nitrogen and oxygen atoms in total. The quantitative estimate of drug-likeness (QED) is 0.403. The van der Waals surface area contributed by atoms with Crippen LogP contribution in [0.15, 0.2) is 0 Å². The second-order valence-electron chi connectivity index (χ2n) is 5.07. The lowest BCUT2D eigenvalue weighted by molar-refractivity contribution is -0.107. The Morgan fingerprint density at radius 3 is 1.67 bits per heavy atom. The smallest absolute Gasteiger partial charge is 0.145 e. The maximum Gasteiger partial charge on any atom is 0.145 e. The third-order valence-electron chi connectivity index (χ3n) is 3.36. The monoisotopic (exact) mass is 224 g/mol.